The van der Waals surface area contributed by atoms with Crippen LogP contribution in [0.4, 0.5) is 0 Å². The molecule has 0 fully saturated rings. The summed E-state index contributed by atoms with van der Waals surface area (Å²) in [6.07, 6.45) is 2.87. The van der Waals surface area contributed by atoms with Gasteiger partial charge in [0.2, 0.25) is 5.58 Å². The first-order valence-electron chi connectivity index (χ1n) is 12.0. The summed E-state index contributed by atoms with van der Waals surface area (Å²) in [5.74, 6) is -0.0655. The van der Waals surface area contributed by atoms with Gasteiger partial charge in [-0.05, 0) is 35.7 Å². The molecule has 5 rings (SSSR count). The molecule has 0 aliphatic heterocycles. The molecule has 9 nitrogen and oxygen atoms in total. The van der Waals surface area contributed by atoms with Crippen LogP contribution in [-0.4, -0.2) is 29.0 Å². The van der Waals surface area contributed by atoms with Crippen molar-refractivity contribution in [1.82, 2.24) is 19.4 Å². The maximum atomic E-state index is 13.1. The Labute approximate surface area is 218 Å². The van der Waals surface area contributed by atoms with Crippen LogP contribution in [0.15, 0.2) is 99.3 Å². The van der Waals surface area contributed by atoms with Gasteiger partial charge in [-0.2, -0.15) is 0 Å². The Kier molecular flexibility index (Phi) is 6.89. The number of benzene rings is 3. The molecule has 0 unspecified atom stereocenters. The van der Waals surface area contributed by atoms with Gasteiger partial charge >= 0.3 is 0 Å². The summed E-state index contributed by atoms with van der Waals surface area (Å²) in [6, 6.07) is 21.9. The number of aryl methyl sites for hydroxylation is 1. The number of carbonyl (C=O) groups excluding carboxylic acids is 1. The van der Waals surface area contributed by atoms with Crippen LogP contribution in [0.2, 0.25) is 0 Å². The van der Waals surface area contributed by atoms with Gasteiger partial charge in [-0.15, -0.1) is 0 Å². The van der Waals surface area contributed by atoms with E-state index < -0.39 is 15.9 Å². The standard InChI is InChI=1S/C28H24N4O5S/c1-2-8-25-30-23-17-29-37-26(23)28(34)32(25)18-19-13-15-20(16-14-19)22-11-6-7-12-24(22)38(35,36)31-27(33)21-9-4-3-5-10-21/h3-7,9-17H,2,8,18H2,1H3,(H,31,33). The lowest BCUT2D eigenvalue weighted by molar-refractivity contribution is 0.0981. The number of rotatable bonds is 8. The number of amides is 1. The van der Waals surface area contributed by atoms with Crippen LogP contribution >= 0.6 is 0 Å². The van der Waals surface area contributed by atoms with E-state index in [9.17, 15) is 18.0 Å². The minimum absolute atomic E-state index is 0.0153. The topological polar surface area (TPSA) is 124 Å². The van der Waals surface area contributed by atoms with Crippen molar-refractivity contribution in [2.24, 2.45) is 0 Å². The summed E-state index contributed by atoms with van der Waals surface area (Å²) in [5.41, 5.74) is 2.40. The summed E-state index contributed by atoms with van der Waals surface area (Å²) in [5, 5.41) is 3.69. The second kappa shape index (κ2) is 10.4. The summed E-state index contributed by atoms with van der Waals surface area (Å²) < 4.78 is 35.1. The van der Waals surface area contributed by atoms with Crippen molar-refractivity contribution < 1.29 is 17.7 Å². The highest BCUT2D eigenvalue weighted by molar-refractivity contribution is 7.90. The number of hydrogen-bond donors (Lipinski definition) is 1. The largest absolute Gasteiger partial charge is 0.349 e. The van der Waals surface area contributed by atoms with Crippen molar-refractivity contribution >= 4 is 27.0 Å². The van der Waals surface area contributed by atoms with E-state index in [1.807, 2.05) is 19.1 Å². The summed E-state index contributed by atoms with van der Waals surface area (Å²) in [4.78, 5) is 30.1. The number of aromatic nitrogens is 3. The Balaban J connectivity index is 1.44. The van der Waals surface area contributed by atoms with Crippen LogP contribution in [0.5, 0.6) is 0 Å². The van der Waals surface area contributed by atoms with Crippen molar-refractivity contribution in [2.45, 2.75) is 31.2 Å². The van der Waals surface area contributed by atoms with Gasteiger partial charge in [0.25, 0.3) is 21.5 Å². The Morgan fingerprint density at radius 1 is 0.974 bits per heavy atom. The summed E-state index contributed by atoms with van der Waals surface area (Å²) in [6.45, 7) is 2.28. The second-order valence-electron chi connectivity index (χ2n) is 8.70. The van der Waals surface area contributed by atoms with Gasteiger partial charge in [0.1, 0.15) is 11.3 Å². The number of sulfonamides is 1. The molecule has 0 saturated carbocycles. The van der Waals surface area contributed by atoms with Crippen LogP contribution in [0.3, 0.4) is 0 Å². The lowest BCUT2D eigenvalue weighted by Crippen LogP contribution is -2.30. The Morgan fingerprint density at radius 2 is 1.68 bits per heavy atom. The molecule has 0 bridgehead atoms. The zero-order chi connectivity index (χ0) is 26.7. The van der Waals surface area contributed by atoms with Crippen molar-refractivity contribution in [2.75, 3.05) is 0 Å². The third-order valence-corrected chi connectivity index (χ3v) is 7.46. The van der Waals surface area contributed by atoms with Crippen molar-refractivity contribution in [3.8, 4) is 11.1 Å². The van der Waals surface area contributed by atoms with Gasteiger partial charge in [-0.1, -0.05) is 72.7 Å². The highest BCUT2D eigenvalue weighted by atomic mass is 32.2. The fourth-order valence-corrected chi connectivity index (χ4v) is 5.42. The number of nitrogens with one attached hydrogen (secondary N) is 1. The molecule has 5 aromatic rings. The molecule has 3 aromatic carbocycles. The first kappa shape index (κ1) is 25.1. The van der Waals surface area contributed by atoms with E-state index >= 15 is 0 Å². The number of hydrogen-bond acceptors (Lipinski definition) is 7. The van der Waals surface area contributed by atoms with E-state index in [0.29, 0.717) is 28.9 Å². The molecule has 0 atom stereocenters. The predicted molar refractivity (Wildman–Crippen MR) is 142 cm³/mol. The van der Waals surface area contributed by atoms with E-state index in [4.69, 9.17) is 4.52 Å². The third kappa shape index (κ3) is 4.98. The molecule has 10 heteroatoms. The van der Waals surface area contributed by atoms with E-state index in [1.54, 1.807) is 65.2 Å². The number of carbonyl (C=O) groups is 1. The Bertz CT molecular complexity index is 1780. The normalized spacial score (nSPS) is 11.5. The Hall–Kier alpha value is -4.57. The minimum Gasteiger partial charge on any atom is -0.349 e. The van der Waals surface area contributed by atoms with Crippen molar-refractivity contribution in [3.63, 3.8) is 0 Å². The molecule has 0 radical (unpaired) electrons. The van der Waals surface area contributed by atoms with Gasteiger partial charge in [0.15, 0.2) is 0 Å². The van der Waals surface area contributed by atoms with Crippen LogP contribution in [0.1, 0.15) is 35.1 Å². The fourth-order valence-electron chi connectivity index (χ4n) is 4.22. The first-order chi connectivity index (χ1) is 18.4. The SMILES string of the molecule is CCCc1nc2cnoc2c(=O)n1Cc1ccc(-c2ccccc2S(=O)(=O)NC(=O)c2ccccc2)cc1. The highest BCUT2D eigenvalue weighted by Gasteiger charge is 2.22. The third-order valence-electron chi connectivity index (χ3n) is 6.07. The maximum Gasteiger partial charge on any atom is 0.300 e. The lowest BCUT2D eigenvalue weighted by Gasteiger charge is -2.14. The van der Waals surface area contributed by atoms with E-state index in [1.165, 1.54) is 12.3 Å². The van der Waals surface area contributed by atoms with Gasteiger partial charge in [0.05, 0.1) is 17.6 Å². The van der Waals surface area contributed by atoms with Gasteiger partial charge in [0, 0.05) is 17.5 Å². The van der Waals surface area contributed by atoms with E-state index in [-0.39, 0.29) is 28.1 Å². The predicted octanol–water partition coefficient (Wildman–Crippen LogP) is 4.17. The number of fused-ring (bicyclic) bond motifs is 1. The average molecular weight is 529 g/mol. The molecular formula is C28H24N4O5S. The quantitative estimate of drug-likeness (QED) is 0.320. The van der Waals surface area contributed by atoms with Crippen LogP contribution < -0.4 is 10.3 Å². The molecule has 0 aliphatic rings. The Morgan fingerprint density at radius 3 is 2.42 bits per heavy atom. The molecule has 0 aliphatic carbocycles. The lowest BCUT2D eigenvalue weighted by atomic mass is 10.0. The zero-order valence-electron chi connectivity index (χ0n) is 20.5. The molecule has 2 aromatic heterocycles. The van der Waals surface area contributed by atoms with Crippen LogP contribution in [-0.2, 0) is 23.0 Å². The molecule has 38 heavy (non-hydrogen) atoms. The highest BCUT2D eigenvalue weighted by Crippen LogP contribution is 2.28. The molecule has 1 N–H and O–H groups in total. The van der Waals surface area contributed by atoms with E-state index in [2.05, 4.69) is 14.9 Å². The molecule has 2 heterocycles. The van der Waals surface area contributed by atoms with Gasteiger partial charge in [-0.25, -0.2) is 18.1 Å². The second-order valence-corrected chi connectivity index (χ2v) is 10.4. The smallest absolute Gasteiger partial charge is 0.300 e. The molecule has 192 valence electrons. The van der Waals surface area contributed by atoms with Gasteiger partial charge < -0.3 is 4.52 Å². The fraction of sp³-hybridized carbons (Fsp3) is 0.143. The molecule has 1 amide bonds. The first-order valence-corrected chi connectivity index (χ1v) is 13.5. The number of nitrogens with zero attached hydrogens (tertiary/aromatic N) is 3. The zero-order valence-corrected chi connectivity index (χ0v) is 21.3. The minimum atomic E-state index is -4.15. The van der Waals surface area contributed by atoms with E-state index in [0.717, 1.165) is 12.0 Å². The van der Waals surface area contributed by atoms with Crippen molar-refractivity contribution in [3.05, 3.63) is 112 Å². The molecule has 0 saturated heterocycles. The van der Waals surface area contributed by atoms with Crippen molar-refractivity contribution in [1.29, 1.82) is 0 Å². The monoisotopic (exact) mass is 528 g/mol. The summed E-state index contributed by atoms with van der Waals surface area (Å²) in [7, 11) is -4.15. The average Bonchev–Trinajstić information content (AvgIpc) is 3.41. The van der Waals surface area contributed by atoms with Crippen LogP contribution in [0.25, 0.3) is 22.2 Å². The maximum absolute atomic E-state index is 13.1. The molecular weight excluding hydrogens is 504 g/mol. The van der Waals surface area contributed by atoms with Crippen LogP contribution in [0, 0.1) is 0 Å². The summed E-state index contributed by atoms with van der Waals surface area (Å²) >= 11 is 0. The van der Waals surface area contributed by atoms with Gasteiger partial charge in [-0.3, -0.25) is 14.2 Å². The molecule has 0 spiro atoms.